The van der Waals surface area contributed by atoms with Crippen molar-refractivity contribution in [3.8, 4) is 11.6 Å². The van der Waals surface area contributed by atoms with Crippen LogP contribution in [0.4, 0.5) is 0 Å². The van der Waals surface area contributed by atoms with E-state index < -0.39 is 10.0 Å². The lowest BCUT2D eigenvalue weighted by atomic mass is 10.3. The lowest BCUT2D eigenvalue weighted by Gasteiger charge is -2.17. The average molecular weight is 348 g/mol. The van der Waals surface area contributed by atoms with E-state index >= 15 is 0 Å². The Balaban J connectivity index is 1.70. The number of ether oxygens (including phenoxy) is 2. The molecule has 0 saturated carbocycles. The number of sulfonamides is 1. The summed E-state index contributed by atoms with van der Waals surface area (Å²) in [4.78, 5) is 4.44. The van der Waals surface area contributed by atoms with Crippen molar-refractivity contribution in [1.82, 2.24) is 9.29 Å². The molecule has 0 radical (unpaired) electrons. The minimum atomic E-state index is -3.55. The Morgan fingerprint density at radius 1 is 1.25 bits per heavy atom. The van der Waals surface area contributed by atoms with Crippen LogP contribution in [0.15, 0.2) is 47.5 Å². The molecule has 7 heteroatoms. The van der Waals surface area contributed by atoms with Crippen LogP contribution >= 0.6 is 0 Å². The third-order valence-corrected chi connectivity index (χ3v) is 5.82. The van der Waals surface area contributed by atoms with Crippen LogP contribution in [0.5, 0.6) is 11.6 Å². The zero-order valence-corrected chi connectivity index (χ0v) is 14.5. The first-order valence-corrected chi connectivity index (χ1v) is 9.16. The molecule has 1 atom stereocenters. The molecule has 1 aliphatic heterocycles. The summed E-state index contributed by atoms with van der Waals surface area (Å²) in [7, 11) is -2.04. The van der Waals surface area contributed by atoms with E-state index in [1.807, 2.05) is 13.0 Å². The number of benzene rings is 1. The van der Waals surface area contributed by atoms with E-state index in [4.69, 9.17) is 9.47 Å². The smallest absolute Gasteiger partial charge is 0.243 e. The number of rotatable bonds is 5. The SMILES string of the molecule is COc1cccc(S(=O)(=O)N2CC[C@@H](Oc3ccc(C)cn3)C2)c1. The molecule has 3 rings (SSSR count). The van der Waals surface area contributed by atoms with Gasteiger partial charge in [-0.05, 0) is 31.0 Å². The minimum Gasteiger partial charge on any atom is -0.497 e. The third kappa shape index (κ3) is 3.52. The minimum absolute atomic E-state index is 0.194. The first-order chi connectivity index (χ1) is 11.5. The molecule has 0 bridgehead atoms. The van der Waals surface area contributed by atoms with Gasteiger partial charge in [0.05, 0.1) is 18.6 Å². The highest BCUT2D eigenvalue weighted by molar-refractivity contribution is 7.89. The second-order valence-corrected chi connectivity index (χ2v) is 7.68. The first-order valence-electron chi connectivity index (χ1n) is 7.72. The van der Waals surface area contributed by atoms with Gasteiger partial charge in [-0.3, -0.25) is 0 Å². The molecule has 0 unspecified atom stereocenters. The molecule has 0 spiro atoms. The second kappa shape index (κ2) is 6.78. The fourth-order valence-electron chi connectivity index (χ4n) is 2.62. The fourth-order valence-corrected chi connectivity index (χ4v) is 4.14. The van der Waals surface area contributed by atoms with Gasteiger partial charge in [0.25, 0.3) is 0 Å². The molecule has 1 aliphatic rings. The van der Waals surface area contributed by atoms with Crippen LogP contribution in [-0.4, -0.2) is 44.0 Å². The predicted molar refractivity (Wildman–Crippen MR) is 89.8 cm³/mol. The molecule has 6 nitrogen and oxygen atoms in total. The maximum Gasteiger partial charge on any atom is 0.243 e. The maximum atomic E-state index is 12.7. The predicted octanol–water partition coefficient (Wildman–Crippen LogP) is 2.24. The molecular weight excluding hydrogens is 328 g/mol. The highest BCUT2D eigenvalue weighted by Crippen LogP contribution is 2.25. The molecule has 2 aromatic rings. The van der Waals surface area contributed by atoms with Gasteiger partial charge in [-0.15, -0.1) is 0 Å². The van der Waals surface area contributed by atoms with Gasteiger partial charge in [-0.1, -0.05) is 12.1 Å². The van der Waals surface area contributed by atoms with E-state index in [1.54, 1.807) is 30.5 Å². The van der Waals surface area contributed by atoms with Crippen LogP contribution in [-0.2, 0) is 10.0 Å². The topological polar surface area (TPSA) is 68.7 Å². The molecule has 128 valence electrons. The zero-order valence-electron chi connectivity index (χ0n) is 13.7. The number of aromatic nitrogens is 1. The number of nitrogens with zero attached hydrogens (tertiary/aromatic N) is 2. The van der Waals surface area contributed by atoms with E-state index in [-0.39, 0.29) is 11.0 Å². The van der Waals surface area contributed by atoms with Crippen LogP contribution in [0.1, 0.15) is 12.0 Å². The average Bonchev–Trinajstić information content (AvgIpc) is 3.06. The monoisotopic (exact) mass is 348 g/mol. The van der Waals surface area contributed by atoms with Gasteiger partial charge < -0.3 is 9.47 Å². The van der Waals surface area contributed by atoms with E-state index in [1.165, 1.54) is 17.5 Å². The maximum absolute atomic E-state index is 12.7. The molecular formula is C17H20N2O4S. The third-order valence-electron chi connectivity index (χ3n) is 3.96. The summed E-state index contributed by atoms with van der Waals surface area (Å²) in [6, 6.07) is 10.2. The molecule has 1 aromatic heterocycles. The van der Waals surface area contributed by atoms with Crippen molar-refractivity contribution >= 4 is 10.0 Å². The molecule has 1 fully saturated rings. The van der Waals surface area contributed by atoms with Crippen molar-refractivity contribution in [2.75, 3.05) is 20.2 Å². The molecule has 1 aromatic carbocycles. The van der Waals surface area contributed by atoms with Crippen molar-refractivity contribution in [1.29, 1.82) is 0 Å². The van der Waals surface area contributed by atoms with E-state index in [9.17, 15) is 8.42 Å². The lowest BCUT2D eigenvalue weighted by molar-refractivity contribution is 0.207. The first kappa shape index (κ1) is 16.7. The number of hydrogen-bond donors (Lipinski definition) is 0. The van der Waals surface area contributed by atoms with Crippen molar-refractivity contribution in [3.05, 3.63) is 48.2 Å². The molecule has 0 amide bonds. The summed E-state index contributed by atoms with van der Waals surface area (Å²) in [5.74, 6) is 1.04. The fraction of sp³-hybridized carbons (Fsp3) is 0.353. The Kier molecular flexibility index (Phi) is 4.73. The van der Waals surface area contributed by atoms with Crippen LogP contribution in [0.25, 0.3) is 0 Å². The van der Waals surface area contributed by atoms with Gasteiger partial charge >= 0.3 is 0 Å². The van der Waals surface area contributed by atoms with E-state index in [0.29, 0.717) is 31.1 Å². The molecule has 0 aliphatic carbocycles. The largest absolute Gasteiger partial charge is 0.497 e. The Morgan fingerprint density at radius 3 is 2.79 bits per heavy atom. The Hall–Kier alpha value is -2.12. The number of hydrogen-bond acceptors (Lipinski definition) is 5. The summed E-state index contributed by atoms with van der Waals surface area (Å²) in [5, 5.41) is 0. The Bertz CT molecular complexity index is 806. The van der Waals surface area contributed by atoms with Crippen molar-refractivity contribution in [3.63, 3.8) is 0 Å². The highest BCUT2D eigenvalue weighted by atomic mass is 32.2. The van der Waals surface area contributed by atoms with E-state index in [2.05, 4.69) is 4.98 Å². The van der Waals surface area contributed by atoms with Gasteiger partial charge in [-0.2, -0.15) is 4.31 Å². The molecule has 2 heterocycles. The van der Waals surface area contributed by atoms with Gasteiger partial charge in [0, 0.05) is 24.9 Å². The summed E-state index contributed by atoms with van der Waals surface area (Å²) in [5.41, 5.74) is 1.05. The summed E-state index contributed by atoms with van der Waals surface area (Å²) in [6.45, 7) is 2.69. The van der Waals surface area contributed by atoms with Crippen LogP contribution in [0.2, 0.25) is 0 Å². The second-order valence-electron chi connectivity index (χ2n) is 5.74. The summed E-state index contributed by atoms with van der Waals surface area (Å²) in [6.07, 6.45) is 2.17. The van der Waals surface area contributed by atoms with Crippen molar-refractivity contribution in [2.45, 2.75) is 24.3 Å². The van der Waals surface area contributed by atoms with Gasteiger partial charge in [0.2, 0.25) is 15.9 Å². The quantitative estimate of drug-likeness (QED) is 0.829. The van der Waals surface area contributed by atoms with Gasteiger partial charge in [0.15, 0.2) is 0 Å². The number of aryl methyl sites for hydroxylation is 1. The Labute approximate surface area is 142 Å². The van der Waals surface area contributed by atoms with Crippen molar-refractivity contribution < 1.29 is 17.9 Å². The lowest BCUT2D eigenvalue weighted by Crippen LogP contribution is -2.31. The molecule has 24 heavy (non-hydrogen) atoms. The highest BCUT2D eigenvalue weighted by Gasteiger charge is 2.34. The number of pyridine rings is 1. The van der Waals surface area contributed by atoms with Crippen LogP contribution in [0, 0.1) is 6.92 Å². The van der Waals surface area contributed by atoms with Gasteiger partial charge in [-0.25, -0.2) is 13.4 Å². The summed E-state index contributed by atoms with van der Waals surface area (Å²) < 4.78 is 37.8. The van der Waals surface area contributed by atoms with Crippen molar-refractivity contribution in [2.24, 2.45) is 0 Å². The summed E-state index contributed by atoms with van der Waals surface area (Å²) >= 11 is 0. The molecule has 1 saturated heterocycles. The molecule has 0 N–H and O–H groups in total. The normalized spacial score (nSPS) is 18.5. The Morgan fingerprint density at radius 2 is 2.08 bits per heavy atom. The standard InChI is InChI=1S/C17H20N2O4S/c1-13-6-7-17(18-11-13)23-15-8-9-19(12-15)24(20,21)16-5-3-4-14(10-16)22-2/h3-7,10-11,15H,8-9,12H2,1-2H3/t15-/m1/s1. The van der Waals surface area contributed by atoms with Crippen LogP contribution < -0.4 is 9.47 Å². The van der Waals surface area contributed by atoms with Crippen LogP contribution in [0.3, 0.4) is 0 Å². The zero-order chi connectivity index (χ0) is 17.2. The van der Waals surface area contributed by atoms with Gasteiger partial charge in [0.1, 0.15) is 11.9 Å². The number of methoxy groups -OCH3 is 1. The van der Waals surface area contributed by atoms with E-state index in [0.717, 1.165) is 5.56 Å².